The van der Waals surface area contributed by atoms with Crippen molar-refractivity contribution in [2.45, 2.75) is 38.1 Å². The highest BCUT2D eigenvalue weighted by atomic mass is 32.2. The summed E-state index contributed by atoms with van der Waals surface area (Å²) in [5, 5.41) is 9.90. The number of amidine groups is 1. The Morgan fingerprint density at radius 2 is 1.97 bits per heavy atom. The monoisotopic (exact) mass is 462 g/mol. The van der Waals surface area contributed by atoms with E-state index in [0.717, 1.165) is 31.2 Å². The molecule has 1 heterocycles. The van der Waals surface area contributed by atoms with Gasteiger partial charge in [-0.15, -0.1) is 0 Å². The number of carbonyl (C=O) groups is 2. The molecular formula is C26H26N2O4S. The number of nitrogens with zero attached hydrogens (tertiary/aromatic N) is 2. The quantitative estimate of drug-likeness (QED) is 0.410. The van der Waals surface area contributed by atoms with Crippen LogP contribution in [0, 0.1) is 0 Å². The molecule has 2 aromatic rings. The fourth-order valence-corrected chi connectivity index (χ4v) is 5.12. The lowest BCUT2D eigenvalue weighted by Crippen LogP contribution is -2.40. The molecule has 7 heteroatoms. The first-order chi connectivity index (χ1) is 16.1. The number of carboxylic acid groups (broad SMARTS) is 1. The highest BCUT2D eigenvalue weighted by Gasteiger charge is 2.38. The van der Waals surface area contributed by atoms with Gasteiger partial charge in [0, 0.05) is 11.6 Å². The number of benzene rings is 2. The highest BCUT2D eigenvalue weighted by molar-refractivity contribution is 8.18. The van der Waals surface area contributed by atoms with Gasteiger partial charge in [0.05, 0.1) is 16.2 Å². The third-order valence-electron chi connectivity index (χ3n) is 5.66. The molecule has 1 aliphatic heterocycles. The van der Waals surface area contributed by atoms with Gasteiger partial charge in [0.25, 0.3) is 5.91 Å². The first-order valence-corrected chi connectivity index (χ1v) is 11.9. The zero-order valence-corrected chi connectivity index (χ0v) is 19.1. The second-order valence-corrected chi connectivity index (χ2v) is 8.97. The van der Waals surface area contributed by atoms with Crippen LogP contribution in [0.3, 0.4) is 0 Å². The van der Waals surface area contributed by atoms with E-state index in [1.807, 2.05) is 30.3 Å². The van der Waals surface area contributed by atoms with Crippen molar-refractivity contribution in [2.75, 3.05) is 6.61 Å². The summed E-state index contributed by atoms with van der Waals surface area (Å²) in [5.74, 6) is -0.395. The number of hydrogen-bond donors (Lipinski definition) is 1. The van der Waals surface area contributed by atoms with E-state index in [-0.39, 0.29) is 17.5 Å². The van der Waals surface area contributed by atoms with Gasteiger partial charge in [-0.1, -0.05) is 56.2 Å². The molecule has 1 saturated carbocycles. The normalized spacial score (nSPS) is 19.3. The van der Waals surface area contributed by atoms with Crippen LogP contribution < -0.4 is 4.74 Å². The number of carbonyl (C=O) groups excluding carboxylic acids is 1. The molecule has 0 radical (unpaired) electrons. The molecule has 0 atom stereocenters. The molecule has 0 spiro atoms. The van der Waals surface area contributed by atoms with Gasteiger partial charge in [0.1, 0.15) is 12.4 Å². The second-order valence-electron chi connectivity index (χ2n) is 7.97. The molecule has 2 fully saturated rings. The SMILES string of the molecule is C=CCOc1ccccc1/C=C1\SC(=Nc2cccc(C(=O)O)c2)N(C2CCCCC2)C1=O. The van der Waals surface area contributed by atoms with Crippen LogP contribution in [0.25, 0.3) is 6.08 Å². The number of aromatic carboxylic acids is 1. The van der Waals surface area contributed by atoms with Crippen LogP contribution >= 0.6 is 11.8 Å². The van der Waals surface area contributed by atoms with E-state index in [9.17, 15) is 14.7 Å². The first kappa shape index (κ1) is 22.9. The van der Waals surface area contributed by atoms with Crippen molar-refractivity contribution < 1.29 is 19.4 Å². The Bertz CT molecular complexity index is 1120. The van der Waals surface area contributed by atoms with Crippen LogP contribution in [0.4, 0.5) is 5.69 Å². The molecule has 1 N–H and O–H groups in total. The minimum absolute atomic E-state index is 0.0708. The van der Waals surface area contributed by atoms with Gasteiger partial charge in [0.2, 0.25) is 0 Å². The molecule has 2 aliphatic rings. The van der Waals surface area contributed by atoms with Gasteiger partial charge in [-0.3, -0.25) is 9.69 Å². The van der Waals surface area contributed by atoms with E-state index in [2.05, 4.69) is 6.58 Å². The summed E-state index contributed by atoms with van der Waals surface area (Å²) in [7, 11) is 0. The summed E-state index contributed by atoms with van der Waals surface area (Å²) >= 11 is 1.32. The average Bonchev–Trinajstić information content (AvgIpc) is 3.13. The molecular weight excluding hydrogens is 436 g/mol. The van der Waals surface area contributed by atoms with Crippen molar-refractivity contribution in [1.29, 1.82) is 0 Å². The Morgan fingerprint density at radius 1 is 1.18 bits per heavy atom. The summed E-state index contributed by atoms with van der Waals surface area (Å²) in [6.45, 7) is 4.07. The van der Waals surface area contributed by atoms with Crippen LogP contribution in [0.2, 0.25) is 0 Å². The minimum atomic E-state index is -1.01. The van der Waals surface area contributed by atoms with Crippen molar-refractivity contribution in [2.24, 2.45) is 4.99 Å². The maximum Gasteiger partial charge on any atom is 0.335 e. The fraction of sp³-hybridized carbons (Fsp3) is 0.269. The number of hydrogen-bond acceptors (Lipinski definition) is 5. The lowest BCUT2D eigenvalue weighted by Gasteiger charge is -2.30. The summed E-state index contributed by atoms with van der Waals surface area (Å²) < 4.78 is 5.75. The summed E-state index contributed by atoms with van der Waals surface area (Å²) in [5.41, 5.74) is 1.49. The Labute approximate surface area is 197 Å². The zero-order valence-electron chi connectivity index (χ0n) is 18.3. The highest BCUT2D eigenvalue weighted by Crippen LogP contribution is 2.39. The lowest BCUT2D eigenvalue weighted by molar-refractivity contribution is -0.124. The van der Waals surface area contributed by atoms with Crippen molar-refractivity contribution >= 4 is 40.6 Å². The number of ether oxygens (including phenoxy) is 1. The molecule has 0 bridgehead atoms. The van der Waals surface area contributed by atoms with E-state index >= 15 is 0 Å². The van der Waals surface area contributed by atoms with E-state index in [1.54, 1.807) is 23.1 Å². The van der Waals surface area contributed by atoms with Crippen LogP contribution in [-0.4, -0.2) is 39.7 Å². The van der Waals surface area contributed by atoms with Crippen LogP contribution in [0.15, 0.2) is 71.1 Å². The van der Waals surface area contributed by atoms with E-state index in [0.29, 0.717) is 28.1 Å². The van der Waals surface area contributed by atoms with E-state index in [1.165, 1.54) is 30.3 Å². The molecule has 170 valence electrons. The summed E-state index contributed by atoms with van der Waals surface area (Å²) in [4.78, 5) is 32.0. The molecule has 0 aromatic heterocycles. The molecule has 6 nitrogen and oxygen atoms in total. The molecule has 1 saturated heterocycles. The van der Waals surface area contributed by atoms with Crippen molar-refractivity contribution in [3.8, 4) is 5.75 Å². The fourth-order valence-electron chi connectivity index (χ4n) is 4.07. The third-order valence-corrected chi connectivity index (χ3v) is 6.64. The minimum Gasteiger partial charge on any atom is -0.489 e. The van der Waals surface area contributed by atoms with Gasteiger partial charge in [0.15, 0.2) is 5.17 Å². The van der Waals surface area contributed by atoms with Gasteiger partial charge in [-0.05, 0) is 54.9 Å². The predicted molar refractivity (Wildman–Crippen MR) is 132 cm³/mol. The van der Waals surface area contributed by atoms with Gasteiger partial charge < -0.3 is 9.84 Å². The number of amides is 1. The number of para-hydroxylation sites is 1. The topological polar surface area (TPSA) is 79.2 Å². The van der Waals surface area contributed by atoms with E-state index < -0.39 is 5.97 Å². The van der Waals surface area contributed by atoms with Gasteiger partial charge in [-0.25, -0.2) is 9.79 Å². The van der Waals surface area contributed by atoms with Crippen LogP contribution in [0.1, 0.15) is 48.0 Å². The number of aliphatic imine (C=N–C) groups is 1. The number of thioether (sulfide) groups is 1. The summed E-state index contributed by atoms with van der Waals surface area (Å²) in [6.07, 6.45) is 8.74. The predicted octanol–water partition coefficient (Wildman–Crippen LogP) is 5.89. The average molecular weight is 463 g/mol. The standard InChI is InChI=1S/C26H26N2O4S/c1-2-15-32-22-14-7-6-9-18(22)17-23-24(29)28(21-12-4-3-5-13-21)26(33-23)27-20-11-8-10-19(16-20)25(30)31/h2,6-11,14,16-17,21H,1,3-5,12-13,15H2,(H,30,31)/b23-17-,27-26?. The van der Waals surface area contributed by atoms with Crippen molar-refractivity contribution in [1.82, 2.24) is 4.90 Å². The van der Waals surface area contributed by atoms with Crippen molar-refractivity contribution in [3.05, 3.63) is 77.2 Å². The Hall–Kier alpha value is -3.32. The zero-order chi connectivity index (χ0) is 23.2. The maximum absolute atomic E-state index is 13.5. The van der Waals surface area contributed by atoms with Gasteiger partial charge in [-0.2, -0.15) is 0 Å². The first-order valence-electron chi connectivity index (χ1n) is 11.0. The molecule has 4 rings (SSSR count). The van der Waals surface area contributed by atoms with E-state index in [4.69, 9.17) is 9.73 Å². The molecule has 2 aromatic carbocycles. The largest absolute Gasteiger partial charge is 0.489 e. The smallest absolute Gasteiger partial charge is 0.335 e. The Morgan fingerprint density at radius 3 is 2.73 bits per heavy atom. The number of carboxylic acids is 1. The van der Waals surface area contributed by atoms with Crippen molar-refractivity contribution in [3.63, 3.8) is 0 Å². The Kier molecular flexibility index (Phi) is 7.29. The Balaban J connectivity index is 1.71. The third kappa shape index (κ3) is 5.37. The molecule has 33 heavy (non-hydrogen) atoms. The molecule has 1 aliphatic carbocycles. The maximum atomic E-state index is 13.5. The van der Waals surface area contributed by atoms with Crippen LogP contribution in [0.5, 0.6) is 5.75 Å². The molecule has 1 amide bonds. The second kappa shape index (κ2) is 10.5. The number of rotatable bonds is 7. The molecule has 0 unspecified atom stereocenters. The van der Waals surface area contributed by atoms with Gasteiger partial charge >= 0.3 is 5.97 Å². The summed E-state index contributed by atoms with van der Waals surface area (Å²) in [6, 6.07) is 14.1. The lowest BCUT2D eigenvalue weighted by atomic mass is 9.94. The van der Waals surface area contributed by atoms with Crippen LogP contribution in [-0.2, 0) is 4.79 Å².